The summed E-state index contributed by atoms with van der Waals surface area (Å²) in [5, 5.41) is 0.494. The quantitative estimate of drug-likeness (QED) is 0.843. The first kappa shape index (κ1) is 18.2. The monoisotopic (exact) mass is 353 g/mol. The zero-order chi connectivity index (χ0) is 17.5. The summed E-state index contributed by atoms with van der Waals surface area (Å²) in [6.07, 6.45) is -4.59. The molecule has 1 aliphatic rings. The zero-order valence-corrected chi connectivity index (χ0v) is 13.7. The van der Waals surface area contributed by atoms with Gasteiger partial charge in [0.25, 0.3) is 0 Å². The van der Waals surface area contributed by atoms with Crippen molar-refractivity contribution < 1.29 is 26.0 Å². The minimum atomic E-state index is -4.67. The van der Waals surface area contributed by atoms with Gasteiger partial charge in [0.05, 0.1) is 10.5 Å². The maximum Gasteiger partial charge on any atom is 0.416 e. The molecule has 1 aromatic carbocycles. The van der Waals surface area contributed by atoms with E-state index in [-0.39, 0.29) is 31.2 Å². The molecule has 0 aromatic heterocycles. The summed E-state index contributed by atoms with van der Waals surface area (Å²) < 4.78 is 78.3. The number of hydrogen-bond acceptors (Lipinski definition) is 3. The first-order valence-electron chi connectivity index (χ1n) is 7.23. The van der Waals surface area contributed by atoms with Crippen LogP contribution in [0.25, 0.3) is 0 Å². The fourth-order valence-corrected chi connectivity index (χ4v) is 4.45. The third kappa shape index (κ3) is 3.38. The molecular formula is C15H19F4NO2S. The van der Waals surface area contributed by atoms with E-state index in [1.165, 1.54) is 0 Å². The molecule has 1 aliphatic carbocycles. The highest BCUT2D eigenvalue weighted by atomic mass is 32.2. The number of rotatable bonds is 3. The molecule has 0 atom stereocenters. The molecule has 1 fully saturated rings. The van der Waals surface area contributed by atoms with Gasteiger partial charge in [-0.2, -0.15) is 13.2 Å². The van der Waals surface area contributed by atoms with Crippen molar-refractivity contribution in [2.24, 2.45) is 0 Å². The molecule has 130 valence electrons. The molecule has 0 spiro atoms. The van der Waals surface area contributed by atoms with Gasteiger partial charge in [-0.05, 0) is 57.9 Å². The van der Waals surface area contributed by atoms with Crippen LogP contribution in [-0.4, -0.2) is 26.0 Å². The van der Waals surface area contributed by atoms with E-state index >= 15 is 4.39 Å². The van der Waals surface area contributed by atoms with Gasteiger partial charge < -0.3 is 5.32 Å². The smallest absolute Gasteiger partial charge is 0.315 e. The first-order chi connectivity index (χ1) is 10.4. The van der Waals surface area contributed by atoms with Crippen molar-refractivity contribution in [2.75, 3.05) is 7.05 Å². The molecule has 0 amide bonds. The topological polar surface area (TPSA) is 46.2 Å². The molecule has 2 rings (SSSR count). The third-order valence-corrected chi connectivity index (χ3v) is 6.90. The third-order valence-electron chi connectivity index (χ3n) is 4.66. The fourth-order valence-electron chi connectivity index (χ4n) is 2.74. The van der Waals surface area contributed by atoms with E-state index in [1.54, 1.807) is 7.05 Å². The van der Waals surface area contributed by atoms with Gasteiger partial charge in [0.1, 0.15) is 0 Å². The van der Waals surface area contributed by atoms with Crippen LogP contribution in [0, 0.1) is 0 Å². The molecule has 8 heteroatoms. The Morgan fingerprint density at radius 2 is 1.70 bits per heavy atom. The Kier molecular flexibility index (Phi) is 4.54. The Morgan fingerprint density at radius 3 is 2.17 bits per heavy atom. The minimum Gasteiger partial charge on any atom is -0.315 e. The van der Waals surface area contributed by atoms with Crippen LogP contribution >= 0.6 is 0 Å². The van der Waals surface area contributed by atoms with Crippen molar-refractivity contribution in [3.8, 4) is 0 Å². The Morgan fingerprint density at radius 1 is 1.13 bits per heavy atom. The van der Waals surface area contributed by atoms with Crippen LogP contribution in [0.1, 0.15) is 38.2 Å². The number of benzene rings is 1. The molecule has 1 aromatic rings. The van der Waals surface area contributed by atoms with E-state index in [9.17, 15) is 21.6 Å². The number of halogens is 4. The second-order valence-corrected chi connectivity index (χ2v) is 8.43. The van der Waals surface area contributed by atoms with Gasteiger partial charge in [0, 0.05) is 5.54 Å². The molecule has 0 bridgehead atoms. The highest BCUT2D eigenvalue weighted by Crippen LogP contribution is 2.44. The Labute approximate surface area is 133 Å². The van der Waals surface area contributed by atoms with Crippen LogP contribution in [0.3, 0.4) is 0 Å². The summed E-state index contributed by atoms with van der Waals surface area (Å²) in [5.74, 6) is 0. The second kappa shape index (κ2) is 5.73. The SMILES string of the molecule is CNC1(C)CCC(F)(S(=O)(=O)c2cccc(C(F)(F)F)c2)CC1. The molecule has 0 heterocycles. The van der Waals surface area contributed by atoms with Gasteiger partial charge in [-0.25, -0.2) is 12.8 Å². The predicted octanol–water partition coefficient (Wildman–Crippen LogP) is 3.70. The van der Waals surface area contributed by atoms with E-state index in [0.717, 1.165) is 18.2 Å². The van der Waals surface area contributed by atoms with Crippen molar-refractivity contribution in [1.29, 1.82) is 0 Å². The fraction of sp³-hybridized carbons (Fsp3) is 0.600. The average molecular weight is 353 g/mol. The number of hydrogen-bond donors (Lipinski definition) is 1. The predicted molar refractivity (Wildman–Crippen MR) is 78.4 cm³/mol. The van der Waals surface area contributed by atoms with Crippen molar-refractivity contribution in [2.45, 2.75) is 54.2 Å². The van der Waals surface area contributed by atoms with E-state index in [0.29, 0.717) is 6.07 Å². The van der Waals surface area contributed by atoms with Crippen molar-refractivity contribution >= 4 is 9.84 Å². The standard InChI is InChI=1S/C15H19F4NO2S/c1-13(20-2)6-8-14(16,9-7-13)23(21,22)12-5-3-4-11(10-12)15(17,18)19/h3-5,10,20H,6-9H2,1-2H3. The number of sulfone groups is 1. The van der Waals surface area contributed by atoms with E-state index in [2.05, 4.69) is 5.32 Å². The lowest BCUT2D eigenvalue weighted by Gasteiger charge is -2.40. The van der Waals surface area contributed by atoms with Crippen LogP contribution in [0.4, 0.5) is 17.6 Å². The van der Waals surface area contributed by atoms with E-state index in [1.807, 2.05) is 6.92 Å². The minimum absolute atomic E-state index is 0.247. The number of nitrogens with one attached hydrogen (secondary N) is 1. The first-order valence-corrected chi connectivity index (χ1v) is 8.72. The molecule has 1 N–H and O–H groups in total. The Balaban J connectivity index is 2.36. The maximum absolute atomic E-state index is 15.0. The highest BCUT2D eigenvalue weighted by Gasteiger charge is 2.50. The zero-order valence-electron chi connectivity index (χ0n) is 12.9. The van der Waals surface area contributed by atoms with Crippen molar-refractivity contribution in [1.82, 2.24) is 5.32 Å². The highest BCUT2D eigenvalue weighted by molar-refractivity contribution is 7.92. The van der Waals surface area contributed by atoms with Gasteiger partial charge in [-0.1, -0.05) is 6.07 Å². The summed E-state index contributed by atoms with van der Waals surface area (Å²) >= 11 is 0. The van der Waals surface area contributed by atoms with Crippen LogP contribution in [0.2, 0.25) is 0 Å². The summed E-state index contributed by atoms with van der Waals surface area (Å²) in [6.45, 7) is 1.86. The van der Waals surface area contributed by atoms with Gasteiger partial charge in [0.15, 0.2) is 0 Å². The molecule has 0 unspecified atom stereocenters. The van der Waals surface area contributed by atoms with Crippen molar-refractivity contribution in [3.63, 3.8) is 0 Å². The summed E-state index contributed by atoms with van der Waals surface area (Å²) in [5.41, 5.74) is -1.46. The molecule has 3 nitrogen and oxygen atoms in total. The lowest BCUT2D eigenvalue weighted by atomic mass is 9.82. The van der Waals surface area contributed by atoms with Gasteiger partial charge in [-0.15, -0.1) is 0 Å². The molecule has 0 aliphatic heterocycles. The van der Waals surface area contributed by atoms with Crippen LogP contribution in [0.5, 0.6) is 0 Å². The van der Waals surface area contributed by atoms with Gasteiger partial charge in [-0.3, -0.25) is 0 Å². The van der Waals surface area contributed by atoms with E-state index < -0.39 is 31.5 Å². The Hall–Kier alpha value is -1.15. The van der Waals surface area contributed by atoms with E-state index in [4.69, 9.17) is 0 Å². The lowest BCUT2D eigenvalue weighted by molar-refractivity contribution is -0.137. The summed E-state index contributed by atoms with van der Waals surface area (Å²) in [4.78, 5) is -0.622. The van der Waals surface area contributed by atoms with Gasteiger partial charge in [0.2, 0.25) is 14.8 Å². The van der Waals surface area contributed by atoms with Crippen LogP contribution < -0.4 is 5.32 Å². The molecule has 1 saturated carbocycles. The second-order valence-electron chi connectivity index (χ2n) is 6.22. The molecule has 0 radical (unpaired) electrons. The van der Waals surface area contributed by atoms with Crippen LogP contribution in [-0.2, 0) is 16.0 Å². The summed E-state index contributed by atoms with van der Waals surface area (Å²) in [7, 11) is -2.78. The largest absolute Gasteiger partial charge is 0.416 e. The van der Waals surface area contributed by atoms with Gasteiger partial charge >= 0.3 is 6.18 Å². The molecule has 0 saturated heterocycles. The average Bonchev–Trinajstić information content (AvgIpc) is 2.50. The molecular weight excluding hydrogens is 334 g/mol. The molecule has 23 heavy (non-hydrogen) atoms. The van der Waals surface area contributed by atoms with Crippen LogP contribution in [0.15, 0.2) is 29.2 Å². The lowest BCUT2D eigenvalue weighted by Crippen LogP contribution is -2.49. The van der Waals surface area contributed by atoms with Crippen molar-refractivity contribution in [3.05, 3.63) is 29.8 Å². The Bertz CT molecular complexity index is 677. The maximum atomic E-state index is 15.0. The summed E-state index contributed by atoms with van der Waals surface area (Å²) in [6, 6.07) is 3.27. The normalized spacial score (nSPS) is 29.5. The number of alkyl halides is 4.